The molecule has 0 spiro atoms. The summed E-state index contributed by atoms with van der Waals surface area (Å²) in [6, 6.07) is -1.43. The molecule has 2 aliphatic rings. The highest BCUT2D eigenvalue weighted by Gasteiger charge is 2.51. The van der Waals surface area contributed by atoms with Crippen molar-refractivity contribution in [2.75, 3.05) is 20.3 Å². The van der Waals surface area contributed by atoms with Gasteiger partial charge in [-0.15, -0.1) is 0 Å². The summed E-state index contributed by atoms with van der Waals surface area (Å²) in [5.74, 6) is -0.644. The summed E-state index contributed by atoms with van der Waals surface area (Å²) in [6.45, 7) is -0.500. The number of carbonyl (C=O) groups excluding carboxylic acids is 1. The van der Waals surface area contributed by atoms with Crippen LogP contribution in [-0.4, -0.2) is 126 Å². The fraction of sp³-hybridized carbons (Fsp3) is 0.933. The number of rotatable bonds is 8. The third-order valence-electron chi connectivity index (χ3n) is 4.83. The number of amides is 1. The first-order valence-corrected chi connectivity index (χ1v) is 10.5. The molecule has 0 aromatic carbocycles. The molecule has 0 radical (unpaired) electrons. The zero-order valence-corrected chi connectivity index (χ0v) is 17.4. The van der Waals surface area contributed by atoms with Gasteiger partial charge in [0.25, 0.3) is 0 Å². The van der Waals surface area contributed by atoms with Crippen molar-refractivity contribution >= 4 is 16.3 Å². The highest BCUT2D eigenvalue weighted by Crippen LogP contribution is 2.29. The van der Waals surface area contributed by atoms with Crippen LogP contribution >= 0.6 is 0 Å². The number of hydrogen-bond donors (Lipinski definition) is 7. The maximum absolute atomic E-state index is 11.4. The maximum Gasteiger partial charge on any atom is 0.397 e. The Morgan fingerprint density at radius 3 is 2.19 bits per heavy atom. The van der Waals surface area contributed by atoms with Gasteiger partial charge in [0.1, 0.15) is 48.8 Å². The number of ether oxygens (including phenoxy) is 4. The van der Waals surface area contributed by atoms with Crippen LogP contribution in [0.3, 0.4) is 0 Å². The van der Waals surface area contributed by atoms with E-state index in [1.165, 1.54) is 7.11 Å². The molecule has 7 N–H and O–H groups in total. The van der Waals surface area contributed by atoms with Gasteiger partial charge in [-0.05, 0) is 0 Å². The highest BCUT2D eigenvalue weighted by atomic mass is 32.3. The van der Waals surface area contributed by atoms with Crippen molar-refractivity contribution in [1.29, 1.82) is 0 Å². The van der Waals surface area contributed by atoms with Gasteiger partial charge in [-0.1, -0.05) is 0 Å². The molecule has 16 heteroatoms. The zero-order chi connectivity index (χ0) is 23.5. The largest absolute Gasteiger partial charge is 0.397 e. The summed E-state index contributed by atoms with van der Waals surface area (Å²) in [5.41, 5.74) is 0. The molecule has 0 aliphatic carbocycles. The molecule has 10 atom stereocenters. The Hall–Kier alpha value is -1.02. The van der Waals surface area contributed by atoms with Gasteiger partial charge < -0.3 is 49.8 Å². The van der Waals surface area contributed by atoms with E-state index in [0.29, 0.717) is 0 Å². The van der Waals surface area contributed by atoms with Gasteiger partial charge in [-0.3, -0.25) is 9.35 Å². The molecule has 0 unspecified atom stereocenters. The molecule has 15 nitrogen and oxygen atoms in total. The van der Waals surface area contributed by atoms with Gasteiger partial charge in [0, 0.05) is 14.0 Å². The smallest absolute Gasteiger partial charge is 0.394 e. The minimum absolute atomic E-state index is 0.644. The number of carbonyl (C=O) groups is 1. The maximum atomic E-state index is 11.4. The second-order valence-corrected chi connectivity index (χ2v) is 8.09. The highest BCUT2D eigenvalue weighted by molar-refractivity contribution is 7.80. The Balaban J connectivity index is 2.27. The lowest BCUT2D eigenvalue weighted by Crippen LogP contribution is -2.67. The lowest BCUT2D eigenvalue weighted by molar-refractivity contribution is -0.346. The van der Waals surface area contributed by atoms with Gasteiger partial charge in [0.2, 0.25) is 5.91 Å². The van der Waals surface area contributed by atoms with Crippen molar-refractivity contribution in [1.82, 2.24) is 5.32 Å². The Bertz CT molecular complexity index is 706. The number of hydrogen-bond acceptors (Lipinski definition) is 13. The first-order valence-electron chi connectivity index (χ1n) is 9.10. The first-order chi connectivity index (χ1) is 14.4. The summed E-state index contributed by atoms with van der Waals surface area (Å²) in [6.07, 6.45) is -13.9. The van der Waals surface area contributed by atoms with E-state index < -0.39 is 90.9 Å². The van der Waals surface area contributed by atoms with Crippen LogP contribution in [-0.2, 0) is 38.3 Å². The molecule has 182 valence electrons. The van der Waals surface area contributed by atoms with Crippen LogP contribution in [0.25, 0.3) is 0 Å². The lowest BCUT2D eigenvalue weighted by atomic mass is 9.95. The summed E-state index contributed by atoms with van der Waals surface area (Å²) in [7, 11) is -3.75. The molecule has 2 fully saturated rings. The van der Waals surface area contributed by atoms with Crippen LogP contribution in [0, 0.1) is 0 Å². The number of aliphatic hydroxyl groups excluding tert-OH is 5. The Kier molecular flexibility index (Phi) is 9.08. The van der Waals surface area contributed by atoms with Gasteiger partial charge in [0.05, 0.1) is 13.2 Å². The van der Waals surface area contributed by atoms with Crippen LogP contribution in [0.4, 0.5) is 0 Å². The molecule has 2 aliphatic heterocycles. The van der Waals surface area contributed by atoms with Crippen LogP contribution in [0.5, 0.6) is 0 Å². The normalized spacial score (nSPS) is 41.7. The minimum Gasteiger partial charge on any atom is -0.394 e. The zero-order valence-electron chi connectivity index (χ0n) is 16.5. The van der Waals surface area contributed by atoms with E-state index in [1.807, 2.05) is 0 Å². The third-order valence-corrected chi connectivity index (χ3v) is 5.26. The fourth-order valence-electron chi connectivity index (χ4n) is 3.38. The van der Waals surface area contributed by atoms with E-state index >= 15 is 0 Å². The lowest BCUT2D eigenvalue weighted by Gasteiger charge is -2.46. The molecule has 0 bridgehead atoms. The SMILES string of the molecule is CO[C@H]1[C@@H](O)[C@@H](CO)O[C@H](O[C@H]2[C@H](O)[C@@H](NC(C)=O)[C@H](O)O[C@@H]2COS(=O)(=O)O)[C@@H]1O. The van der Waals surface area contributed by atoms with Gasteiger partial charge in [-0.25, -0.2) is 4.18 Å². The van der Waals surface area contributed by atoms with Crippen molar-refractivity contribution in [3.05, 3.63) is 0 Å². The fourth-order valence-corrected chi connectivity index (χ4v) is 3.69. The summed E-state index contributed by atoms with van der Waals surface area (Å²) >= 11 is 0. The van der Waals surface area contributed by atoms with E-state index in [1.54, 1.807) is 0 Å². The van der Waals surface area contributed by atoms with Gasteiger partial charge in [-0.2, -0.15) is 8.42 Å². The van der Waals surface area contributed by atoms with Crippen LogP contribution in [0.1, 0.15) is 6.92 Å². The number of aliphatic hydroxyl groups is 5. The van der Waals surface area contributed by atoms with E-state index in [2.05, 4.69) is 9.50 Å². The predicted molar refractivity (Wildman–Crippen MR) is 95.4 cm³/mol. The summed E-state index contributed by atoms with van der Waals surface area (Å²) in [4.78, 5) is 11.4. The molecule has 31 heavy (non-hydrogen) atoms. The molecule has 2 saturated heterocycles. The molecule has 1 amide bonds. The Morgan fingerprint density at radius 1 is 1.03 bits per heavy atom. The molecule has 0 aromatic heterocycles. The molecule has 2 rings (SSSR count). The number of nitrogens with one attached hydrogen (secondary N) is 1. The van der Waals surface area contributed by atoms with E-state index in [9.17, 15) is 38.7 Å². The summed E-state index contributed by atoms with van der Waals surface area (Å²) in [5, 5.41) is 52.8. The Morgan fingerprint density at radius 2 is 1.68 bits per heavy atom. The topological polar surface area (TPSA) is 231 Å². The molecule has 0 aromatic rings. The second kappa shape index (κ2) is 10.7. The van der Waals surface area contributed by atoms with Gasteiger partial charge >= 0.3 is 10.4 Å². The molecular weight excluding hydrogens is 450 g/mol. The first kappa shape index (κ1) is 26.2. The van der Waals surface area contributed by atoms with E-state index in [-0.39, 0.29) is 0 Å². The molecular formula is C15H27NO14S. The van der Waals surface area contributed by atoms with Crippen LogP contribution in [0.2, 0.25) is 0 Å². The van der Waals surface area contributed by atoms with E-state index in [0.717, 1.165) is 6.92 Å². The van der Waals surface area contributed by atoms with Crippen molar-refractivity contribution in [3.8, 4) is 0 Å². The van der Waals surface area contributed by atoms with Crippen molar-refractivity contribution in [2.45, 2.75) is 68.3 Å². The predicted octanol–water partition coefficient (Wildman–Crippen LogP) is -4.77. The van der Waals surface area contributed by atoms with Gasteiger partial charge in [0.15, 0.2) is 12.6 Å². The second-order valence-electron chi connectivity index (χ2n) is 7.00. The average Bonchev–Trinajstić information content (AvgIpc) is 2.67. The monoisotopic (exact) mass is 477 g/mol. The van der Waals surface area contributed by atoms with Crippen molar-refractivity contribution in [2.24, 2.45) is 0 Å². The third kappa shape index (κ3) is 6.50. The minimum atomic E-state index is -4.93. The molecule has 0 saturated carbocycles. The number of methoxy groups -OCH3 is 1. The van der Waals surface area contributed by atoms with E-state index in [4.69, 9.17) is 23.5 Å². The van der Waals surface area contributed by atoms with Crippen LogP contribution in [0.15, 0.2) is 0 Å². The van der Waals surface area contributed by atoms with Crippen LogP contribution < -0.4 is 5.32 Å². The summed E-state index contributed by atoms with van der Waals surface area (Å²) < 4.78 is 55.9. The quantitative estimate of drug-likeness (QED) is 0.163. The van der Waals surface area contributed by atoms with Crippen molar-refractivity contribution in [3.63, 3.8) is 0 Å². The van der Waals surface area contributed by atoms with Crippen molar-refractivity contribution < 1.29 is 66.4 Å². The Labute approximate surface area is 177 Å². The molecule has 2 heterocycles. The standard InChI is InChI=1S/C15H27NO14S/c1-5(18)16-8-10(20)12(7(28-14(8)22)4-27-31(23,24)25)30-15-11(21)13(26-2)9(19)6(3-17)29-15/h6-15,17,19-22H,3-4H2,1-2H3,(H,16,18)(H,23,24,25)/t6-,7-,8-,9+,10-,11-,12-,13+,14-,15-/m1/s1. The average molecular weight is 477 g/mol.